The maximum absolute atomic E-state index is 8.61. The van der Waals surface area contributed by atoms with E-state index in [1.54, 1.807) is 0 Å². The van der Waals surface area contributed by atoms with E-state index in [4.69, 9.17) is 14.3 Å². The van der Waals surface area contributed by atoms with Gasteiger partial charge in [0.15, 0.2) is 0 Å². The first kappa shape index (κ1) is 22.4. The molecule has 28 heavy (non-hydrogen) atoms. The molecule has 0 fully saturated rings. The van der Waals surface area contributed by atoms with E-state index < -0.39 is 0 Å². The maximum Gasteiger partial charge on any atom is 0.281 e. The Kier molecular flexibility index (Phi) is 12.1. The van der Waals surface area contributed by atoms with Crippen LogP contribution in [0.3, 0.4) is 0 Å². The highest BCUT2D eigenvalue weighted by atomic mass is 16.5. The predicted octanol–water partition coefficient (Wildman–Crippen LogP) is 6.70. The summed E-state index contributed by atoms with van der Waals surface area (Å²) in [6, 6.07) is 14.5. The first-order chi connectivity index (χ1) is 13.9. The molecule has 0 atom stereocenters. The lowest BCUT2D eigenvalue weighted by Crippen LogP contribution is -2.07. The summed E-state index contributed by atoms with van der Waals surface area (Å²) in [5.74, 6) is 0.911. The third kappa shape index (κ3) is 9.89. The number of hydrogen-bond acceptors (Lipinski definition) is 2. The molecule has 0 amide bonds. The van der Waals surface area contributed by atoms with Crippen molar-refractivity contribution in [1.82, 2.24) is 0 Å². The van der Waals surface area contributed by atoms with Crippen LogP contribution >= 0.6 is 0 Å². The van der Waals surface area contributed by atoms with E-state index in [-0.39, 0.29) is 0 Å². The van der Waals surface area contributed by atoms with Gasteiger partial charge < -0.3 is 9.47 Å². The highest BCUT2D eigenvalue weighted by Crippen LogP contribution is 2.20. The fourth-order valence-electron chi connectivity index (χ4n) is 3.43. The molecule has 0 aromatic heterocycles. The van der Waals surface area contributed by atoms with Crippen molar-refractivity contribution < 1.29 is 14.3 Å². The average Bonchev–Trinajstić information content (AvgIpc) is 2.73. The van der Waals surface area contributed by atoms with Crippen molar-refractivity contribution in [3.05, 3.63) is 42.5 Å². The van der Waals surface area contributed by atoms with Crippen LogP contribution in [0.25, 0.3) is 10.8 Å². The first-order valence-corrected chi connectivity index (χ1v) is 11.1. The van der Waals surface area contributed by atoms with Gasteiger partial charge in [-0.15, -0.1) is 0 Å². The van der Waals surface area contributed by atoms with Gasteiger partial charge in [0.05, 0.1) is 13.0 Å². The van der Waals surface area contributed by atoms with Crippen molar-refractivity contribution >= 4 is 17.1 Å². The zero-order valence-corrected chi connectivity index (χ0v) is 17.3. The standard InChI is InChI=1S/C25H36O3/c26-18-12-8-6-4-2-1-3-5-7-9-13-19-27-20-21-28-25-17-16-23-14-10-11-15-24(23)22-25/h10-11,14-18,22H,1-9,12-13,19-21H2/p+1. The second kappa shape index (κ2) is 15.1. The molecule has 2 aromatic rings. The van der Waals surface area contributed by atoms with Crippen LogP contribution < -0.4 is 4.74 Å². The predicted molar refractivity (Wildman–Crippen MR) is 119 cm³/mol. The fourth-order valence-corrected chi connectivity index (χ4v) is 3.43. The molecular weight excluding hydrogens is 348 g/mol. The average molecular weight is 386 g/mol. The monoisotopic (exact) mass is 385 g/mol. The fraction of sp³-hybridized carbons (Fsp3) is 0.560. The molecule has 0 radical (unpaired) electrons. The molecule has 0 saturated carbocycles. The number of fused-ring (bicyclic) bond motifs is 1. The smallest absolute Gasteiger partial charge is 0.281 e. The van der Waals surface area contributed by atoms with Crippen LogP contribution in [0.15, 0.2) is 42.5 Å². The Balaban J connectivity index is 1.35. The largest absolute Gasteiger partial charge is 0.491 e. The van der Waals surface area contributed by atoms with Crippen LogP contribution in [-0.4, -0.2) is 30.9 Å². The molecule has 0 saturated heterocycles. The van der Waals surface area contributed by atoms with E-state index in [0.29, 0.717) is 13.2 Å². The molecule has 0 heterocycles. The highest BCUT2D eigenvalue weighted by Gasteiger charge is 1.98. The molecule has 1 N–H and O–H groups in total. The van der Waals surface area contributed by atoms with E-state index >= 15 is 0 Å². The molecular formula is C25H37O3+. The van der Waals surface area contributed by atoms with Crippen molar-refractivity contribution in [1.29, 1.82) is 0 Å². The Morgan fingerprint density at radius 1 is 0.643 bits per heavy atom. The van der Waals surface area contributed by atoms with Gasteiger partial charge in [-0.1, -0.05) is 81.7 Å². The van der Waals surface area contributed by atoms with E-state index in [1.165, 1.54) is 68.4 Å². The number of benzene rings is 2. The molecule has 0 unspecified atom stereocenters. The van der Waals surface area contributed by atoms with Gasteiger partial charge in [0.25, 0.3) is 6.29 Å². The maximum atomic E-state index is 8.61. The summed E-state index contributed by atoms with van der Waals surface area (Å²) in [6.07, 6.45) is 14.9. The molecule has 3 nitrogen and oxygen atoms in total. The summed E-state index contributed by atoms with van der Waals surface area (Å²) >= 11 is 0. The van der Waals surface area contributed by atoms with Crippen molar-refractivity contribution in [2.75, 3.05) is 19.8 Å². The number of aldehydes is 1. The molecule has 2 rings (SSSR count). The quantitative estimate of drug-likeness (QED) is 0.173. The lowest BCUT2D eigenvalue weighted by Gasteiger charge is -2.08. The molecule has 0 aliphatic carbocycles. The van der Waals surface area contributed by atoms with Crippen LogP contribution in [0.5, 0.6) is 5.75 Å². The van der Waals surface area contributed by atoms with Gasteiger partial charge in [0, 0.05) is 6.61 Å². The number of rotatable bonds is 17. The summed E-state index contributed by atoms with van der Waals surface area (Å²) in [5, 5.41) is 2.45. The van der Waals surface area contributed by atoms with Crippen LogP contribution in [0.1, 0.15) is 70.6 Å². The minimum Gasteiger partial charge on any atom is -0.491 e. The van der Waals surface area contributed by atoms with E-state index in [1.807, 2.05) is 6.07 Å². The molecule has 0 aliphatic heterocycles. The Hall–Kier alpha value is -1.87. The molecule has 0 spiro atoms. The number of carbonyl (C=O) groups excluding carboxylic acids is 1. The van der Waals surface area contributed by atoms with Crippen molar-refractivity contribution in [3.63, 3.8) is 0 Å². The van der Waals surface area contributed by atoms with Gasteiger partial charge in [0.1, 0.15) is 12.4 Å². The number of hydrogen-bond donors (Lipinski definition) is 0. The van der Waals surface area contributed by atoms with Gasteiger partial charge in [-0.25, -0.2) is 0 Å². The lowest BCUT2D eigenvalue weighted by atomic mass is 10.1. The Morgan fingerprint density at radius 2 is 1.29 bits per heavy atom. The second-order valence-electron chi connectivity index (χ2n) is 7.48. The third-order valence-electron chi connectivity index (χ3n) is 5.09. The Bertz CT molecular complexity index is 653. The van der Waals surface area contributed by atoms with Crippen LogP contribution in [0, 0.1) is 0 Å². The molecule has 3 heteroatoms. The van der Waals surface area contributed by atoms with Crippen molar-refractivity contribution in [2.24, 2.45) is 0 Å². The normalized spacial score (nSPS) is 11.0. The number of unbranched alkanes of at least 4 members (excludes halogenated alkanes) is 10. The number of ether oxygens (including phenoxy) is 2. The summed E-state index contributed by atoms with van der Waals surface area (Å²) in [6.45, 7) is 2.10. The van der Waals surface area contributed by atoms with Gasteiger partial charge >= 0.3 is 0 Å². The van der Waals surface area contributed by atoms with Crippen LogP contribution in [0.4, 0.5) is 0 Å². The van der Waals surface area contributed by atoms with E-state index in [0.717, 1.165) is 31.6 Å². The SMILES string of the molecule is [OH+]=CCCCCCCCCCCCCOCCOc1ccc2ccccc2c1. The Morgan fingerprint density at radius 3 is 2.00 bits per heavy atom. The van der Waals surface area contributed by atoms with E-state index in [9.17, 15) is 0 Å². The molecule has 0 aliphatic rings. The van der Waals surface area contributed by atoms with Crippen LogP contribution in [0.2, 0.25) is 0 Å². The highest BCUT2D eigenvalue weighted by molar-refractivity contribution is 5.83. The van der Waals surface area contributed by atoms with Crippen LogP contribution in [-0.2, 0) is 4.74 Å². The third-order valence-corrected chi connectivity index (χ3v) is 5.09. The zero-order valence-electron chi connectivity index (χ0n) is 17.3. The Labute approximate surface area is 170 Å². The van der Waals surface area contributed by atoms with Crippen molar-refractivity contribution in [3.8, 4) is 5.75 Å². The molecule has 0 bridgehead atoms. The van der Waals surface area contributed by atoms with Gasteiger partial charge in [-0.3, -0.25) is 4.79 Å². The topological polar surface area (TPSA) is 39.9 Å². The van der Waals surface area contributed by atoms with Crippen molar-refractivity contribution in [2.45, 2.75) is 70.6 Å². The summed E-state index contributed by atoms with van der Waals surface area (Å²) in [4.78, 5) is 8.61. The summed E-state index contributed by atoms with van der Waals surface area (Å²) in [5.41, 5.74) is 0. The molecule has 2 aromatic carbocycles. The minimum absolute atomic E-state index is 0.606. The second-order valence-corrected chi connectivity index (χ2v) is 7.48. The summed E-state index contributed by atoms with van der Waals surface area (Å²) < 4.78 is 11.5. The first-order valence-electron chi connectivity index (χ1n) is 11.1. The van der Waals surface area contributed by atoms with E-state index in [2.05, 4.69) is 36.4 Å². The summed E-state index contributed by atoms with van der Waals surface area (Å²) in [7, 11) is 0. The minimum atomic E-state index is 0.606. The van der Waals surface area contributed by atoms with Gasteiger partial charge in [-0.05, 0) is 35.7 Å². The van der Waals surface area contributed by atoms with Gasteiger partial charge in [0.2, 0.25) is 0 Å². The van der Waals surface area contributed by atoms with Gasteiger partial charge in [-0.2, -0.15) is 0 Å². The molecule has 154 valence electrons. The zero-order chi connectivity index (χ0) is 19.7. The lowest BCUT2D eigenvalue weighted by molar-refractivity contribution is 0.0971.